The Morgan fingerprint density at radius 1 is 1.26 bits per heavy atom. The first-order valence-electron chi connectivity index (χ1n) is 11.7. The highest BCUT2D eigenvalue weighted by Crippen LogP contribution is 2.40. The van der Waals surface area contributed by atoms with Crippen molar-refractivity contribution in [3.63, 3.8) is 0 Å². The number of rotatable bonds is 8. The lowest BCUT2D eigenvalue weighted by Gasteiger charge is -2.18. The fourth-order valence-corrected chi connectivity index (χ4v) is 5.76. The molecule has 0 fully saturated rings. The van der Waals surface area contributed by atoms with Gasteiger partial charge in [-0.15, -0.1) is 11.3 Å². The van der Waals surface area contributed by atoms with Crippen LogP contribution in [0.2, 0.25) is 0 Å². The summed E-state index contributed by atoms with van der Waals surface area (Å²) in [7, 11) is 0. The third-order valence-electron chi connectivity index (χ3n) is 6.18. The van der Waals surface area contributed by atoms with Gasteiger partial charge in [-0.2, -0.15) is 0 Å². The lowest BCUT2D eigenvalue weighted by atomic mass is 9.88. The van der Waals surface area contributed by atoms with E-state index in [4.69, 9.17) is 9.47 Å². The molecule has 1 aromatic carbocycles. The summed E-state index contributed by atoms with van der Waals surface area (Å²) in [4.78, 5) is 42.2. The number of hydrogen-bond donors (Lipinski definition) is 2. The topological polar surface area (TPSA) is 97.5 Å². The first-order chi connectivity index (χ1) is 16.4. The lowest BCUT2D eigenvalue weighted by molar-refractivity contribution is -0.153. The third-order valence-corrected chi connectivity index (χ3v) is 7.35. The molecule has 0 saturated heterocycles. The van der Waals surface area contributed by atoms with Crippen molar-refractivity contribution in [2.45, 2.75) is 59.0 Å². The number of anilines is 1. The number of aromatic amines is 1. The summed E-state index contributed by atoms with van der Waals surface area (Å²) in [6, 6.07) is 7.90. The predicted molar refractivity (Wildman–Crippen MR) is 132 cm³/mol. The molecule has 3 aromatic rings. The molecular formula is C26H30N2O5S. The van der Waals surface area contributed by atoms with Gasteiger partial charge in [-0.05, 0) is 62.6 Å². The zero-order chi connectivity index (χ0) is 24.2. The lowest BCUT2D eigenvalue weighted by Crippen LogP contribution is -2.30. The van der Waals surface area contributed by atoms with Gasteiger partial charge in [-0.25, -0.2) is 4.79 Å². The van der Waals surface area contributed by atoms with Crippen molar-refractivity contribution in [1.82, 2.24) is 4.98 Å². The van der Waals surface area contributed by atoms with E-state index in [9.17, 15) is 14.4 Å². The predicted octanol–water partition coefficient (Wildman–Crippen LogP) is 5.03. The quantitative estimate of drug-likeness (QED) is 0.439. The molecule has 1 aliphatic rings. The minimum atomic E-state index is -0.983. The number of aryl methyl sites for hydroxylation is 1. The number of H-pyrrole nitrogens is 1. The van der Waals surface area contributed by atoms with Crippen LogP contribution in [0.5, 0.6) is 0 Å². The molecule has 7 nitrogen and oxygen atoms in total. The van der Waals surface area contributed by atoms with Gasteiger partial charge >= 0.3 is 11.9 Å². The fraction of sp³-hybridized carbons (Fsp3) is 0.423. The molecule has 0 unspecified atom stereocenters. The van der Waals surface area contributed by atoms with Gasteiger partial charge in [-0.1, -0.05) is 25.1 Å². The monoisotopic (exact) mass is 482 g/mol. The summed E-state index contributed by atoms with van der Waals surface area (Å²) < 4.78 is 10.6. The average Bonchev–Trinajstić information content (AvgIpc) is 3.38. The highest BCUT2D eigenvalue weighted by Gasteiger charge is 2.30. The number of carbonyl (C=O) groups is 3. The molecule has 0 bridgehead atoms. The van der Waals surface area contributed by atoms with Crippen LogP contribution in [0.1, 0.15) is 60.0 Å². The Kier molecular flexibility index (Phi) is 7.36. The van der Waals surface area contributed by atoms with Gasteiger partial charge in [0.1, 0.15) is 5.00 Å². The second-order valence-corrected chi connectivity index (χ2v) is 9.86. The summed E-state index contributed by atoms with van der Waals surface area (Å²) >= 11 is 1.42. The van der Waals surface area contributed by atoms with Crippen molar-refractivity contribution >= 4 is 45.1 Å². The number of thiophene rings is 1. The molecule has 0 spiro atoms. The Morgan fingerprint density at radius 3 is 2.85 bits per heavy atom. The summed E-state index contributed by atoms with van der Waals surface area (Å²) in [5, 5.41) is 4.37. The average molecular weight is 483 g/mol. The number of amides is 1. The van der Waals surface area contributed by atoms with Crippen LogP contribution in [-0.2, 0) is 38.3 Å². The summed E-state index contributed by atoms with van der Waals surface area (Å²) in [5.41, 5.74) is 3.46. The van der Waals surface area contributed by atoms with Gasteiger partial charge in [0.15, 0.2) is 6.10 Å². The highest BCUT2D eigenvalue weighted by atomic mass is 32.1. The molecule has 8 heteroatoms. The number of esters is 2. The number of fused-ring (bicyclic) bond motifs is 2. The van der Waals surface area contributed by atoms with Crippen LogP contribution in [-0.4, -0.2) is 35.5 Å². The molecule has 0 radical (unpaired) electrons. The molecule has 2 aromatic heterocycles. The zero-order valence-corrected chi connectivity index (χ0v) is 20.6. The molecule has 0 aliphatic heterocycles. The maximum absolute atomic E-state index is 12.8. The van der Waals surface area contributed by atoms with Gasteiger partial charge in [0.25, 0.3) is 5.91 Å². The number of nitrogens with one attached hydrogen (secondary N) is 2. The first kappa shape index (κ1) is 24.0. The van der Waals surface area contributed by atoms with Gasteiger partial charge < -0.3 is 19.8 Å². The second-order valence-electron chi connectivity index (χ2n) is 8.76. The SMILES string of the molecule is CCOC(=O)c1c(NC(=O)[C@@H](C)OC(=O)CCc2c[nH]c3ccccc23)sc2c1CC[C@H](C)C2. The number of benzene rings is 1. The molecule has 4 rings (SSSR count). The summed E-state index contributed by atoms with van der Waals surface area (Å²) in [6.07, 6.45) is 4.25. The molecule has 180 valence electrons. The van der Waals surface area contributed by atoms with E-state index in [2.05, 4.69) is 17.2 Å². The van der Waals surface area contributed by atoms with Crippen molar-refractivity contribution < 1.29 is 23.9 Å². The smallest absolute Gasteiger partial charge is 0.341 e. The van der Waals surface area contributed by atoms with Crippen LogP contribution < -0.4 is 5.32 Å². The number of carbonyl (C=O) groups excluding carboxylic acids is 3. The Morgan fingerprint density at radius 2 is 2.06 bits per heavy atom. The van der Waals surface area contributed by atoms with Crippen LogP contribution in [0.3, 0.4) is 0 Å². The largest absolute Gasteiger partial charge is 0.462 e. The molecule has 2 N–H and O–H groups in total. The van der Waals surface area contributed by atoms with Gasteiger partial charge in [0.05, 0.1) is 12.2 Å². The second kappa shape index (κ2) is 10.4. The summed E-state index contributed by atoms with van der Waals surface area (Å²) in [5.74, 6) is -0.800. The van der Waals surface area contributed by atoms with Crippen LogP contribution in [0.4, 0.5) is 5.00 Å². The Bertz CT molecular complexity index is 1210. The van der Waals surface area contributed by atoms with Gasteiger partial charge in [0.2, 0.25) is 0 Å². The first-order valence-corrected chi connectivity index (χ1v) is 12.6. The molecule has 34 heavy (non-hydrogen) atoms. The minimum Gasteiger partial charge on any atom is -0.462 e. The molecule has 1 aliphatic carbocycles. The van der Waals surface area contributed by atoms with Crippen molar-refractivity contribution in [1.29, 1.82) is 0 Å². The molecular weight excluding hydrogens is 452 g/mol. The zero-order valence-electron chi connectivity index (χ0n) is 19.7. The maximum atomic E-state index is 12.8. The Balaban J connectivity index is 1.39. The van der Waals surface area contributed by atoms with E-state index in [1.807, 2.05) is 30.5 Å². The van der Waals surface area contributed by atoms with Crippen LogP contribution >= 0.6 is 11.3 Å². The Labute approximate surface area is 202 Å². The third kappa shape index (κ3) is 5.17. The van der Waals surface area contributed by atoms with Gasteiger partial charge in [0, 0.05) is 28.4 Å². The van der Waals surface area contributed by atoms with E-state index in [0.717, 1.165) is 46.2 Å². The Hall–Kier alpha value is -3.13. The number of hydrogen-bond acceptors (Lipinski definition) is 6. The molecule has 1 amide bonds. The van der Waals surface area contributed by atoms with Crippen molar-refractivity contribution in [3.8, 4) is 0 Å². The number of ether oxygens (including phenoxy) is 2. The maximum Gasteiger partial charge on any atom is 0.341 e. The van der Waals surface area contributed by atoms with Crippen LogP contribution in [0.25, 0.3) is 10.9 Å². The van der Waals surface area contributed by atoms with E-state index < -0.39 is 23.9 Å². The normalized spacial score (nSPS) is 16.0. The number of aromatic nitrogens is 1. The van der Waals surface area contributed by atoms with E-state index >= 15 is 0 Å². The van der Waals surface area contributed by atoms with Gasteiger partial charge in [-0.3, -0.25) is 9.59 Å². The van der Waals surface area contributed by atoms with E-state index in [0.29, 0.717) is 22.9 Å². The standard InChI is InChI=1S/C26H30N2O5S/c1-4-32-26(31)23-19-11-9-15(2)13-21(19)34-25(23)28-24(30)16(3)33-22(29)12-10-17-14-27-20-8-6-5-7-18(17)20/h5-8,14-16,27H,4,9-13H2,1-3H3,(H,28,30)/t15-,16+/m0/s1. The van der Waals surface area contributed by atoms with Crippen LogP contribution in [0, 0.1) is 5.92 Å². The molecule has 2 atom stereocenters. The fourth-order valence-electron chi connectivity index (χ4n) is 4.36. The van der Waals surface area contributed by atoms with Crippen molar-refractivity contribution in [2.75, 3.05) is 11.9 Å². The van der Waals surface area contributed by atoms with Crippen molar-refractivity contribution in [2.24, 2.45) is 5.92 Å². The van der Waals surface area contributed by atoms with E-state index in [1.54, 1.807) is 13.8 Å². The highest BCUT2D eigenvalue weighted by molar-refractivity contribution is 7.17. The number of para-hydroxylation sites is 1. The molecule has 0 saturated carbocycles. The van der Waals surface area contributed by atoms with Crippen molar-refractivity contribution in [3.05, 3.63) is 52.0 Å². The van der Waals surface area contributed by atoms with E-state index in [-0.39, 0.29) is 13.0 Å². The molecule has 2 heterocycles. The van der Waals surface area contributed by atoms with E-state index in [1.165, 1.54) is 11.3 Å². The van der Waals surface area contributed by atoms with Crippen LogP contribution in [0.15, 0.2) is 30.5 Å². The summed E-state index contributed by atoms with van der Waals surface area (Å²) in [6.45, 7) is 5.74. The minimum absolute atomic E-state index is 0.165.